The molecule has 6 nitrogen and oxygen atoms in total. The summed E-state index contributed by atoms with van der Waals surface area (Å²) < 4.78 is 0. The van der Waals surface area contributed by atoms with Gasteiger partial charge in [-0.15, -0.1) is 0 Å². The van der Waals surface area contributed by atoms with E-state index in [1.54, 1.807) is 4.90 Å². The third-order valence-corrected chi connectivity index (χ3v) is 3.00. The maximum Gasteiger partial charge on any atom is 0.334 e. The highest BCUT2D eigenvalue weighted by Crippen LogP contribution is 2.20. The monoisotopic (exact) mass is 244 g/mol. The summed E-state index contributed by atoms with van der Waals surface area (Å²) >= 11 is 0. The first-order valence-corrected chi connectivity index (χ1v) is 5.98. The first kappa shape index (κ1) is 13.8. The molecule has 0 radical (unpaired) electrons. The van der Waals surface area contributed by atoms with E-state index in [9.17, 15) is 9.59 Å². The van der Waals surface area contributed by atoms with Crippen molar-refractivity contribution in [3.8, 4) is 0 Å². The van der Waals surface area contributed by atoms with Gasteiger partial charge in [0.1, 0.15) is 0 Å². The summed E-state index contributed by atoms with van der Waals surface area (Å²) in [6.45, 7) is 3.30. The number of carbonyl (C=O) groups excluding carboxylic acids is 1. The summed E-state index contributed by atoms with van der Waals surface area (Å²) in [7, 11) is 0. The Morgan fingerprint density at radius 1 is 1.53 bits per heavy atom. The van der Waals surface area contributed by atoms with Crippen LogP contribution < -0.4 is 5.32 Å². The Hall–Kier alpha value is -1.30. The molecule has 0 saturated carbocycles. The van der Waals surface area contributed by atoms with Crippen molar-refractivity contribution in [1.29, 1.82) is 0 Å². The number of aliphatic carboxylic acids is 1. The molecule has 2 amide bonds. The minimum Gasteiger partial charge on any atom is -0.479 e. The molecule has 0 aromatic carbocycles. The standard InChI is InChI=1S/C11H20N2O4/c1-2-3-8-4-5-13(7-8)11(17)12-6-9(14)10(15)16/h8-9,14H,2-7H2,1H3,(H,12,17)(H,15,16)/t8?,9-/m0/s1. The maximum atomic E-state index is 11.6. The molecule has 3 N–H and O–H groups in total. The molecule has 1 unspecified atom stereocenters. The first-order chi connectivity index (χ1) is 8.04. The molecule has 0 aromatic heterocycles. The minimum absolute atomic E-state index is 0.247. The van der Waals surface area contributed by atoms with Gasteiger partial charge in [0.25, 0.3) is 0 Å². The van der Waals surface area contributed by atoms with E-state index >= 15 is 0 Å². The smallest absolute Gasteiger partial charge is 0.334 e. The Labute approximate surface area is 101 Å². The summed E-state index contributed by atoms with van der Waals surface area (Å²) in [4.78, 5) is 23.7. The van der Waals surface area contributed by atoms with Crippen LogP contribution >= 0.6 is 0 Å². The van der Waals surface area contributed by atoms with Gasteiger partial charge in [0.2, 0.25) is 0 Å². The van der Waals surface area contributed by atoms with Gasteiger partial charge in [0.15, 0.2) is 6.10 Å². The second-order valence-electron chi connectivity index (χ2n) is 4.43. The third kappa shape index (κ3) is 4.22. The fourth-order valence-electron chi connectivity index (χ4n) is 2.04. The Kier molecular flexibility index (Phi) is 5.21. The Morgan fingerprint density at radius 2 is 2.24 bits per heavy atom. The third-order valence-electron chi connectivity index (χ3n) is 3.00. The highest BCUT2D eigenvalue weighted by Gasteiger charge is 2.26. The number of carbonyl (C=O) groups is 2. The molecule has 1 heterocycles. The highest BCUT2D eigenvalue weighted by molar-refractivity contribution is 5.77. The summed E-state index contributed by atoms with van der Waals surface area (Å²) in [5.74, 6) is -0.772. The van der Waals surface area contributed by atoms with E-state index < -0.39 is 12.1 Å². The van der Waals surface area contributed by atoms with Crippen LogP contribution in [0.15, 0.2) is 0 Å². The molecule has 6 heteroatoms. The summed E-state index contributed by atoms with van der Waals surface area (Å²) in [5.41, 5.74) is 0. The molecule has 1 saturated heterocycles. The zero-order valence-electron chi connectivity index (χ0n) is 10.1. The molecule has 1 fully saturated rings. The largest absolute Gasteiger partial charge is 0.479 e. The second kappa shape index (κ2) is 6.44. The number of urea groups is 1. The van der Waals surface area contributed by atoms with Crippen LogP contribution in [0.4, 0.5) is 4.79 Å². The summed E-state index contributed by atoms with van der Waals surface area (Å²) in [6, 6.07) is -0.288. The lowest BCUT2D eigenvalue weighted by Crippen LogP contribution is -2.43. The quantitative estimate of drug-likeness (QED) is 0.647. The lowest BCUT2D eigenvalue weighted by atomic mass is 10.0. The Bertz CT molecular complexity index is 283. The van der Waals surface area contributed by atoms with E-state index in [1.807, 2.05) is 0 Å². The van der Waals surface area contributed by atoms with Gasteiger partial charge in [-0.1, -0.05) is 13.3 Å². The van der Waals surface area contributed by atoms with Crippen LogP contribution in [0.2, 0.25) is 0 Å². The van der Waals surface area contributed by atoms with Gasteiger partial charge in [-0.2, -0.15) is 0 Å². The summed E-state index contributed by atoms with van der Waals surface area (Å²) in [5, 5.41) is 19.9. The zero-order chi connectivity index (χ0) is 12.8. The topological polar surface area (TPSA) is 89.9 Å². The van der Waals surface area contributed by atoms with E-state index in [2.05, 4.69) is 12.2 Å². The number of nitrogens with zero attached hydrogens (tertiary/aromatic N) is 1. The van der Waals surface area contributed by atoms with Gasteiger partial charge in [-0.3, -0.25) is 0 Å². The predicted molar refractivity (Wildman–Crippen MR) is 61.6 cm³/mol. The van der Waals surface area contributed by atoms with Crippen molar-refractivity contribution >= 4 is 12.0 Å². The average molecular weight is 244 g/mol. The van der Waals surface area contributed by atoms with Crippen LogP contribution in [0.3, 0.4) is 0 Å². The molecule has 17 heavy (non-hydrogen) atoms. The van der Waals surface area contributed by atoms with E-state index in [1.165, 1.54) is 0 Å². The number of aliphatic hydroxyl groups excluding tert-OH is 1. The minimum atomic E-state index is -1.53. The van der Waals surface area contributed by atoms with Gasteiger partial charge < -0.3 is 20.4 Å². The molecule has 1 aliphatic heterocycles. The van der Waals surface area contributed by atoms with Gasteiger partial charge in [-0.05, 0) is 18.8 Å². The van der Waals surface area contributed by atoms with E-state index in [-0.39, 0.29) is 12.6 Å². The molecular weight excluding hydrogens is 224 g/mol. The van der Waals surface area contributed by atoms with Gasteiger partial charge in [-0.25, -0.2) is 9.59 Å². The number of nitrogens with one attached hydrogen (secondary N) is 1. The van der Waals surface area contributed by atoms with Crippen LogP contribution in [0.1, 0.15) is 26.2 Å². The van der Waals surface area contributed by atoms with E-state index in [4.69, 9.17) is 10.2 Å². The average Bonchev–Trinajstić information content (AvgIpc) is 2.74. The molecular formula is C11H20N2O4. The number of rotatable bonds is 5. The van der Waals surface area contributed by atoms with Crippen molar-refractivity contribution in [1.82, 2.24) is 10.2 Å². The predicted octanol–water partition coefficient (Wildman–Crippen LogP) is 0.263. The lowest BCUT2D eigenvalue weighted by Gasteiger charge is -2.18. The number of carboxylic acid groups (broad SMARTS) is 1. The SMILES string of the molecule is CCCC1CCN(C(=O)NC[C@H](O)C(=O)O)C1. The molecule has 0 aliphatic carbocycles. The van der Waals surface area contributed by atoms with Crippen LogP contribution in [0, 0.1) is 5.92 Å². The number of carboxylic acids is 1. The lowest BCUT2D eigenvalue weighted by molar-refractivity contribution is -0.146. The molecule has 2 atom stereocenters. The molecule has 0 aromatic rings. The Balaban J connectivity index is 2.27. The first-order valence-electron chi connectivity index (χ1n) is 5.98. The van der Waals surface area contributed by atoms with Crippen LogP contribution in [-0.4, -0.2) is 52.9 Å². The van der Waals surface area contributed by atoms with Crippen molar-refractivity contribution in [2.75, 3.05) is 19.6 Å². The number of hydrogen-bond acceptors (Lipinski definition) is 3. The number of hydrogen-bond donors (Lipinski definition) is 3. The highest BCUT2D eigenvalue weighted by atomic mass is 16.4. The van der Waals surface area contributed by atoms with Gasteiger partial charge in [0.05, 0.1) is 6.54 Å². The van der Waals surface area contributed by atoms with E-state index in [0.29, 0.717) is 12.5 Å². The molecule has 98 valence electrons. The van der Waals surface area contributed by atoms with Gasteiger partial charge >= 0.3 is 12.0 Å². The van der Waals surface area contributed by atoms with E-state index in [0.717, 1.165) is 25.8 Å². The number of likely N-dealkylation sites (tertiary alicyclic amines) is 1. The van der Waals surface area contributed by atoms with Crippen LogP contribution in [0.25, 0.3) is 0 Å². The van der Waals surface area contributed by atoms with Crippen molar-refractivity contribution in [2.45, 2.75) is 32.3 Å². The fraction of sp³-hybridized carbons (Fsp3) is 0.818. The van der Waals surface area contributed by atoms with Crippen molar-refractivity contribution in [2.24, 2.45) is 5.92 Å². The zero-order valence-corrected chi connectivity index (χ0v) is 10.1. The normalized spacial score (nSPS) is 21.3. The molecule has 0 spiro atoms. The Morgan fingerprint density at radius 3 is 2.82 bits per heavy atom. The van der Waals surface area contributed by atoms with Crippen molar-refractivity contribution < 1.29 is 19.8 Å². The molecule has 1 aliphatic rings. The second-order valence-corrected chi connectivity index (χ2v) is 4.43. The van der Waals surface area contributed by atoms with Crippen molar-refractivity contribution in [3.05, 3.63) is 0 Å². The van der Waals surface area contributed by atoms with Crippen LogP contribution in [-0.2, 0) is 4.79 Å². The van der Waals surface area contributed by atoms with Gasteiger partial charge in [0, 0.05) is 13.1 Å². The van der Waals surface area contributed by atoms with Crippen LogP contribution in [0.5, 0.6) is 0 Å². The summed E-state index contributed by atoms with van der Waals surface area (Å²) in [6.07, 6.45) is 1.69. The molecule has 1 rings (SSSR count). The van der Waals surface area contributed by atoms with Crippen molar-refractivity contribution in [3.63, 3.8) is 0 Å². The maximum absolute atomic E-state index is 11.6. The molecule has 0 bridgehead atoms. The fourth-order valence-corrected chi connectivity index (χ4v) is 2.04. The number of amides is 2. The number of aliphatic hydroxyl groups is 1.